The first kappa shape index (κ1) is 10.7. The first-order chi connectivity index (χ1) is 7.79. The molecule has 0 fully saturated rings. The van der Waals surface area contributed by atoms with Crippen molar-refractivity contribution in [3.05, 3.63) is 58.0 Å². The maximum absolute atomic E-state index is 11.0. The lowest BCUT2D eigenvalue weighted by molar-refractivity contribution is 0.161. The van der Waals surface area contributed by atoms with Gasteiger partial charge in [0.2, 0.25) is 0 Å². The summed E-state index contributed by atoms with van der Waals surface area (Å²) in [6.07, 6.45) is 0.533. The molecule has 0 amide bonds. The van der Waals surface area contributed by atoms with Crippen LogP contribution in [-0.2, 0) is 17.8 Å². The number of hydrogen-bond acceptors (Lipinski definition) is 4. The molecule has 0 spiro atoms. The predicted octanol–water partition coefficient (Wildman–Crippen LogP) is 1.97. The van der Waals surface area contributed by atoms with Gasteiger partial charge in [0.1, 0.15) is 6.61 Å². The Hall–Kier alpha value is -1.81. The number of methoxy groups -OCH3 is 1. The Bertz CT molecular complexity index is 495. The van der Waals surface area contributed by atoms with Gasteiger partial charge >= 0.3 is 5.82 Å². The third kappa shape index (κ3) is 2.41. The van der Waals surface area contributed by atoms with Crippen molar-refractivity contribution in [2.24, 2.45) is 0 Å². The maximum atomic E-state index is 11.0. The highest BCUT2D eigenvalue weighted by Crippen LogP contribution is 2.13. The first-order valence-electron chi connectivity index (χ1n) is 4.94. The maximum Gasteiger partial charge on any atom is 0.519 e. The zero-order chi connectivity index (χ0) is 11.4. The molecule has 0 saturated carbocycles. The fourth-order valence-corrected chi connectivity index (χ4v) is 1.49. The molecule has 0 aliphatic rings. The quantitative estimate of drug-likeness (QED) is 0.790. The second kappa shape index (κ2) is 4.81. The van der Waals surface area contributed by atoms with Gasteiger partial charge in [0.25, 0.3) is 0 Å². The number of ether oxygens (including phenoxy) is 1. The van der Waals surface area contributed by atoms with Gasteiger partial charge in [-0.15, -0.1) is 0 Å². The normalized spacial score (nSPS) is 10.6. The van der Waals surface area contributed by atoms with Gasteiger partial charge in [-0.05, 0) is 5.56 Å². The summed E-state index contributed by atoms with van der Waals surface area (Å²) in [6.45, 7) is 0.244. The van der Waals surface area contributed by atoms with Crippen LogP contribution in [0.15, 0.2) is 44.0 Å². The summed E-state index contributed by atoms with van der Waals surface area (Å²) in [5, 5.41) is 0. The molecule has 2 rings (SSSR count). The molecule has 0 bridgehead atoms. The monoisotopic (exact) mass is 220 g/mol. The molecular formula is C12H12O4. The van der Waals surface area contributed by atoms with Gasteiger partial charge in [0.15, 0.2) is 11.5 Å². The summed E-state index contributed by atoms with van der Waals surface area (Å²) in [5.41, 5.74) is 1.06. The van der Waals surface area contributed by atoms with E-state index < -0.39 is 5.82 Å². The molecule has 2 aromatic rings. The van der Waals surface area contributed by atoms with Crippen molar-refractivity contribution in [1.29, 1.82) is 0 Å². The van der Waals surface area contributed by atoms with E-state index in [0.717, 1.165) is 5.56 Å². The topological polar surface area (TPSA) is 52.6 Å². The van der Waals surface area contributed by atoms with E-state index in [1.165, 1.54) is 0 Å². The Morgan fingerprint density at radius 2 is 1.81 bits per heavy atom. The van der Waals surface area contributed by atoms with Crippen LogP contribution < -0.4 is 5.82 Å². The standard InChI is InChI=1S/C12H12O4/c1-14-8-11-10(15-12(13)16-11)7-9-5-3-2-4-6-9/h2-6H,7-8H2,1H3. The van der Waals surface area contributed by atoms with E-state index in [-0.39, 0.29) is 6.61 Å². The van der Waals surface area contributed by atoms with Crippen molar-refractivity contribution in [3.8, 4) is 0 Å². The molecule has 1 aromatic heterocycles. The molecule has 84 valence electrons. The SMILES string of the molecule is COCc1oc(=O)oc1Cc1ccccc1. The van der Waals surface area contributed by atoms with Crippen molar-refractivity contribution in [2.75, 3.05) is 7.11 Å². The van der Waals surface area contributed by atoms with Crippen LogP contribution in [0.2, 0.25) is 0 Å². The molecule has 4 nitrogen and oxygen atoms in total. The average Bonchev–Trinajstić information content (AvgIpc) is 2.61. The molecule has 4 heteroatoms. The van der Waals surface area contributed by atoms with E-state index in [0.29, 0.717) is 17.9 Å². The van der Waals surface area contributed by atoms with Gasteiger partial charge in [-0.3, -0.25) is 0 Å². The van der Waals surface area contributed by atoms with Crippen molar-refractivity contribution < 1.29 is 13.6 Å². The molecule has 0 saturated heterocycles. The second-order valence-corrected chi connectivity index (χ2v) is 3.40. The van der Waals surface area contributed by atoms with E-state index >= 15 is 0 Å². The Morgan fingerprint density at radius 3 is 2.50 bits per heavy atom. The van der Waals surface area contributed by atoms with Gasteiger partial charge in [-0.2, -0.15) is 0 Å². The Kier molecular flexibility index (Phi) is 3.22. The fourth-order valence-electron chi connectivity index (χ4n) is 1.49. The van der Waals surface area contributed by atoms with Crippen molar-refractivity contribution in [2.45, 2.75) is 13.0 Å². The molecule has 1 heterocycles. The third-order valence-corrected chi connectivity index (χ3v) is 2.21. The Labute approximate surface area is 92.5 Å². The van der Waals surface area contributed by atoms with Crippen molar-refractivity contribution in [3.63, 3.8) is 0 Å². The minimum absolute atomic E-state index is 0.244. The van der Waals surface area contributed by atoms with Crippen molar-refractivity contribution in [1.82, 2.24) is 0 Å². The highest BCUT2D eigenvalue weighted by atomic mass is 16.6. The van der Waals surface area contributed by atoms with E-state index in [1.54, 1.807) is 7.11 Å². The van der Waals surface area contributed by atoms with Gasteiger partial charge in [0, 0.05) is 13.5 Å². The largest absolute Gasteiger partial charge is 0.519 e. The molecule has 0 radical (unpaired) electrons. The summed E-state index contributed by atoms with van der Waals surface area (Å²) in [7, 11) is 1.54. The van der Waals surface area contributed by atoms with Gasteiger partial charge in [-0.1, -0.05) is 30.3 Å². The van der Waals surface area contributed by atoms with Crippen LogP contribution >= 0.6 is 0 Å². The van der Waals surface area contributed by atoms with Crippen LogP contribution in [0.5, 0.6) is 0 Å². The predicted molar refractivity (Wildman–Crippen MR) is 57.2 cm³/mol. The van der Waals surface area contributed by atoms with E-state index in [4.69, 9.17) is 13.6 Å². The molecule has 0 N–H and O–H groups in total. The first-order valence-corrected chi connectivity index (χ1v) is 4.94. The number of hydrogen-bond donors (Lipinski definition) is 0. The minimum atomic E-state index is -0.682. The van der Waals surface area contributed by atoms with Gasteiger partial charge < -0.3 is 13.6 Å². The summed E-state index contributed by atoms with van der Waals surface area (Å²) < 4.78 is 14.8. The zero-order valence-electron chi connectivity index (χ0n) is 8.93. The Balaban J connectivity index is 2.24. The third-order valence-electron chi connectivity index (χ3n) is 2.21. The van der Waals surface area contributed by atoms with Gasteiger partial charge in [-0.25, -0.2) is 4.79 Å². The van der Waals surface area contributed by atoms with Crippen LogP contribution in [-0.4, -0.2) is 7.11 Å². The summed E-state index contributed by atoms with van der Waals surface area (Å²) in [6, 6.07) is 9.73. The van der Waals surface area contributed by atoms with E-state index in [1.807, 2.05) is 30.3 Å². The minimum Gasteiger partial charge on any atom is -0.395 e. The molecule has 0 aliphatic carbocycles. The summed E-state index contributed by atoms with van der Waals surface area (Å²) in [4.78, 5) is 11.0. The lowest BCUT2D eigenvalue weighted by Gasteiger charge is -1.99. The average molecular weight is 220 g/mol. The van der Waals surface area contributed by atoms with Crippen LogP contribution in [0.25, 0.3) is 0 Å². The lowest BCUT2D eigenvalue weighted by Crippen LogP contribution is -1.93. The van der Waals surface area contributed by atoms with Crippen LogP contribution in [0.4, 0.5) is 0 Å². The number of rotatable bonds is 4. The van der Waals surface area contributed by atoms with E-state index in [9.17, 15) is 4.79 Å². The molecular weight excluding hydrogens is 208 g/mol. The zero-order valence-corrected chi connectivity index (χ0v) is 8.93. The highest BCUT2D eigenvalue weighted by Gasteiger charge is 2.12. The molecule has 1 aromatic carbocycles. The molecule has 0 unspecified atom stereocenters. The molecule has 16 heavy (non-hydrogen) atoms. The lowest BCUT2D eigenvalue weighted by atomic mass is 10.1. The number of benzene rings is 1. The molecule has 0 aliphatic heterocycles. The summed E-state index contributed by atoms with van der Waals surface area (Å²) in [5.74, 6) is 0.299. The summed E-state index contributed by atoms with van der Waals surface area (Å²) >= 11 is 0. The van der Waals surface area contributed by atoms with Crippen LogP contribution in [0.3, 0.4) is 0 Å². The fraction of sp³-hybridized carbons (Fsp3) is 0.250. The molecule has 0 atom stereocenters. The van der Waals surface area contributed by atoms with E-state index in [2.05, 4.69) is 0 Å². The van der Waals surface area contributed by atoms with Crippen LogP contribution in [0, 0.1) is 0 Å². The van der Waals surface area contributed by atoms with Gasteiger partial charge in [0.05, 0.1) is 0 Å². The Morgan fingerprint density at radius 1 is 1.12 bits per heavy atom. The van der Waals surface area contributed by atoms with Crippen LogP contribution in [0.1, 0.15) is 17.1 Å². The highest BCUT2D eigenvalue weighted by molar-refractivity contribution is 5.21. The smallest absolute Gasteiger partial charge is 0.395 e. The van der Waals surface area contributed by atoms with Crippen molar-refractivity contribution >= 4 is 0 Å². The second-order valence-electron chi connectivity index (χ2n) is 3.40.